The average Bonchev–Trinajstić information content (AvgIpc) is 2.53. The van der Waals surface area contributed by atoms with Crippen molar-refractivity contribution in [2.24, 2.45) is 0 Å². The van der Waals surface area contributed by atoms with E-state index in [4.69, 9.17) is 5.73 Å². The van der Waals surface area contributed by atoms with Crippen molar-refractivity contribution in [3.8, 4) is 0 Å². The minimum absolute atomic E-state index is 0.111. The van der Waals surface area contributed by atoms with Gasteiger partial charge >= 0.3 is 0 Å². The number of nitrogens with two attached hydrogens (primary N) is 1. The summed E-state index contributed by atoms with van der Waals surface area (Å²) in [4.78, 5) is 11.1. The number of alkyl halides is 2. The topological polar surface area (TPSA) is 67.2 Å². The van der Waals surface area contributed by atoms with Gasteiger partial charge < -0.3 is 16.4 Å². The average molecular weight is 227 g/mol. The van der Waals surface area contributed by atoms with Crippen molar-refractivity contribution < 1.29 is 13.6 Å². The van der Waals surface area contributed by atoms with Gasteiger partial charge in [0.25, 0.3) is 6.43 Å². The highest BCUT2D eigenvalue weighted by atomic mass is 19.3. The first-order valence-electron chi connectivity index (χ1n) is 4.80. The van der Waals surface area contributed by atoms with Crippen molar-refractivity contribution in [1.29, 1.82) is 0 Å². The molecule has 0 unspecified atom stereocenters. The predicted molar refractivity (Wildman–Crippen MR) is 57.7 cm³/mol. The van der Waals surface area contributed by atoms with E-state index < -0.39 is 13.0 Å². The molecule has 0 atom stereocenters. The van der Waals surface area contributed by atoms with E-state index in [-0.39, 0.29) is 12.3 Å². The van der Waals surface area contributed by atoms with Crippen LogP contribution in [0.25, 0.3) is 0 Å². The summed E-state index contributed by atoms with van der Waals surface area (Å²) >= 11 is 0. The largest absolute Gasteiger partial charge is 0.397 e. The van der Waals surface area contributed by atoms with Gasteiger partial charge in [0, 0.05) is 5.69 Å². The van der Waals surface area contributed by atoms with Crippen molar-refractivity contribution in [2.45, 2.75) is 12.8 Å². The van der Waals surface area contributed by atoms with Crippen LogP contribution in [-0.4, -0.2) is 18.9 Å². The quantitative estimate of drug-likeness (QED) is 0.684. The number of nitrogens with one attached hydrogen (secondary N) is 2. The Bertz CT molecular complexity index is 434. The van der Waals surface area contributed by atoms with Gasteiger partial charge in [0.1, 0.15) is 0 Å². The minimum Gasteiger partial charge on any atom is -0.397 e. The summed E-state index contributed by atoms with van der Waals surface area (Å²) in [6, 6.07) is 3.21. The summed E-state index contributed by atoms with van der Waals surface area (Å²) in [5.41, 5.74) is 7.90. The lowest BCUT2D eigenvalue weighted by Crippen LogP contribution is -2.11. The molecule has 1 heterocycles. The Labute approximate surface area is 90.8 Å². The molecule has 1 aliphatic rings. The molecule has 0 aliphatic carbocycles. The second-order valence-electron chi connectivity index (χ2n) is 3.59. The van der Waals surface area contributed by atoms with E-state index >= 15 is 0 Å². The van der Waals surface area contributed by atoms with Gasteiger partial charge in [0.05, 0.1) is 24.3 Å². The maximum atomic E-state index is 12.0. The maximum absolute atomic E-state index is 12.0. The highest BCUT2D eigenvalue weighted by Gasteiger charge is 2.19. The van der Waals surface area contributed by atoms with E-state index in [0.717, 1.165) is 5.56 Å². The van der Waals surface area contributed by atoms with Crippen molar-refractivity contribution in [3.05, 3.63) is 17.7 Å². The summed E-state index contributed by atoms with van der Waals surface area (Å²) in [6.07, 6.45) is -2.16. The van der Waals surface area contributed by atoms with Gasteiger partial charge in [-0.05, 0) is 17.7 Å². The molecule has 0 saturated carbocycles. The fourth-order valence-corrected chi connectivity index (χ4v) is 1.63. The van der Waals surface area contributed by atoms with Crippen molar-refractivity contribution in [3.63, 3.8) is 0 Å². The SMILES string of the molecule is Nc1cc2c(cc1NCC(F)F)NC(=O)C2. The third-order valence-electron chi connectivity index (χ3n) is 2.35. The number of carbonyl (C=O) groups excluding carboxylic acids is 1. The Morgan fingerprint density at radius 2 is 2.25 bits per heavy atom. The molecule has 0 bridgehead atoms. The summed E-state index contributed by atoms with van der Waals surface area (Å²) < 4.78 is 24.0. The first kappa shape index (κ1) is 10.7. The Kier molecular flexibility index (Phi) is 2.64. The first-order chi connectivity index (χ1) is 7.56. The number of carbonyl (C=O) groups is 1. The number of hydrogen-bond donors (Lipinski definition) is 3. The predicted octanol–water partition coefficient (Wildman–Crippen LogP) is 1.44. The van der Waals surface area contributed by atoms with Gasteiger partial charge in [-0.2, -0.15) is 0 Å². The maximum Gasteiger partial charge on any atom is 0.255 e. The number of fused-ring (bicyclic) bond motifs is 1. The van der Waals surface area contributed by atoms with E-state index in [0.29, 0.717) is 17.1 Å². The molecule has 0 fully saturated rings. The molecule has 0 spiro atoms. The Morgan fingerprint density at radius 3 is 2.94 bits per heavy atom. The van der Waals surface area contributed by atoms with Crippen molar-refractivity contribution in [2.75, 3.05) is 22.9 Å². The van der Waals surface area contributed by atoms with Crippen LogP contribution in [0.5, 0.6) is 0 Å². The molecule has 16 heavy (non-hydrogen) atoms. The molecule has 1 aromatic rings. The number of halogens is 2. The van der Waals surface area contributed by atoms with Crippen LogP contribution < -0.4 is 16.4 Å². The number of rotatable bonds is 3. The van der Waals surface area contributed by atoms with Gasteiger partial charge in [0.15, 0.2) is 0 Å². The first-order valence-corrected chi connectivity index (χ1v) is 4.80. The molecule has 2 rings (SSSR count). The molecule has 1 aromatic carbocycles. The van der Waals surface area contributed by atoms with Crippen LogP contribution in [0.3, 0.4) is 0 Å². The summed E-state index contributed by atoms with van der Waals surface area (Å²) in [5, 5.41) is 5.16. The molecule has 1 amide bonds. The molecule has 0 radical (unpaired) electrons. The summed E-state index contributed by atoms with van der Waals surface area (Å²) in [6.45, 7) is -0.461. The van der Waals surface area contributed by atoms with Crippen LogP contribution in [0, 0.1) is 0 Å². The van der Waals surface area contributed by atoms with Crippen LogP contribution in [0.2, 0.25) is 0 Å². The van der Waals surface area contributed by atoms with Crippen LogP contribution in [0.15, 0.2) is 12.1 Å². The van der Waals surface area contributed by atoms with Gasteiger partial charge in [-0.1, -0.05) is 0 Å². The third kappa shape index (κ3) is 2.05. The van der Waals surface area contributed by atoms with E-state index in [1.54, 1.807) is 12.1 Å². The Morgan fingerprint density at radius 1 is 1.50 bits per heavy atom. The zero-order chi connectivity index (χ0) is 11.7. The van der Waals surface area contributed by atoms with Crippen LogP contribution >= 0.6 is 0 Å². The lowest BCUT2D eigenvalue weighted by Gasteiger charge is -2.10. The zero-order valence-corrected chi connectivity index (χ0v) is 8.39. The minimum atomic E-state index is -2.44. The third-order valence-corrected chi connectivity index (χ3v) is 2.35. The molecule has 86 valence electrons. The van der Waals surface area contributed by atoms with Gasteiger partial charge in [-0.25, -0.2) is 8.78 Å². The number of amides is 1. The Balaban J connectivity index is 2.21. The highest BCUT2D eigenvalue weighted by molar-refractivity contribution is 6.00. The number of benzene rings is 1. The molecule has 1 aliphatic heterocycles. The van der Waals surface area contributed by atoms with E-state index in [1.807, 2.05) is 0 Å². The standard InChI is InChI=1S/C10H11F2N3O/c11-9(12)4-14-8-3-7-5(1-6(8)13)2-10(16)15-7/h1,3,9,14H,2,4,13H2,(H,15,16). The molecular formula is C10H11F2N3O. The molecule has 4 nitrogen and oxygen atoms in total. The Hall–Kier alpha value is -1.85. The van der Waals surface area contributed by atoms with Crippen molar-refractivity contribution >= 4 is 23.0 Å². The number of anilines is 3. The van der Waals surface area contributed by atoms with Gasteiger partial charge in [-0.15, -0.1) is 0 Å². The molecule has 0 aromatic heterocycles. The van der Waals surface area contributed by atoms with Crippen molar-refractivity contribution in [1.82, 2.24) is 0 Å². The fraction of sp³-hybridized carbons (Fsp3) is 0.300. The van der Waals surface area contributed by atoms with Gasteiger partial charge in [-0.3, -0.25) is 4.79 Å². The number of nitrogen functional groups attached to an aromatic ring is 1. The van der Waals surface area contributed by atoms with E-state index in [1.165, 1.54) is 0 Å². The van der Waals surface area contributed by atoms with Gasteiger partial charge in [0.2, 0.25) is 5.91 Å². The molecule has 4 N–H and O–H groups in total. The fourth-order valence-electron chi connectivity index (χ4n) is 1.63. The monoisotopic (exact) mass is 227 g/mol. The molecule has 6 heteroatoms. The van der Waals surface area contributed by atoms with E-state index in [2.05, 4.69) is 10.6 Å². The summed E-state index contributed by atoms with van der Waals surface area (Å²) in [7, 11) is 0. The van der Waals surface area contributed by atoms with Crippen LogP contribution in [0.4, 0.5) is 25.8 Å². The second-order valence-corrected chi connectivity index (χ2v) is 3.59. The highest BCUT2D eigenvalue weighted by Crippen LogP contribution is 2.31. The molecule has 0 saturated heterocycles. The second kappa shape index (κ2) is 3.96. The molecular weight excluding hydrogens is 216 g/mol. The lowest BCUT2D eigenvalue weighted by molar-refractivity contribution is -0.115. The zero-order valence-electron chi connectivity index (χ0n) is 8.39. The van der Waals surface area contributed by atoms with Crippen LogP contribution in [0.1, 0.15) is 5.56 Å². The van der Waals surface area contributed by atoms with E-state index in [9.17, 15) is 13.6 Å². The van der Waals surface area contributed by atoms with Crippen LogP contribution in [-0.2, 0) is 11.2 Å². The smallest absolute Gasteiger partial charge is 0.255 e. The normalized spacial score (nSPS) is 13.8. The lowest BCUT2D eigenvalue weighted by atomic mass is 10.1. The number of hydrogen-bond acceptors (Lipinski definition) is 3. The summed E-state index contributed by atoms with van der Waals surface area (Å²) in [5.74, 6) is -0.111.